The van der Waals surface area contributed by atoms with Gasteiger partial charge in [-0.15, -0.1) is 0 Å². The number of hydrogen-bond donors (Lipinski definition) is 1. The third kappa shape index (κ3) is 2.97. The number of benzene rings is 1. The van der Waals surface area contributed by atoms with Crippen molar-refractivity contribution < 1.29 is 4.42 Å². The van der Waals surface area contributed by atoms with Crippen molar-refractivity contribution in [3.63, 3.8) is 0 Å². The zero-order valence-corrected chi connectivity index (χ0v) is 11.4. The van der Waals surface area contributed by atoms with Crippen LogP contribution in [0.3, 0.4) is 0 Å². The molecule has 20 heavy (non-hydrogen) atoms. The summed E-state index contributed by atoms with van der Waals surface area (Å²) in [6.07, 6.45) is 5.51. The fourth-order valence-electron chi connectivity index (χ4n) is 2.11. The van der Waals surface area contributed by atoms with Crippen molar-refractivity contribution >= 4 is 0 Å². The summed E-state index contributed by atoms with van der Waals surface area (Å²) in [5.74, 6) is 1.92. The van der Waals surface area contributed by atoms with Crippen molar-refractivity contribution in [2.75, 3.05) is 0 Å². The van der Waals surface area contributed by atoms with Gasteiger partial charge in [-0.25, -0.2) is 4.98 Å². The second kappa shape index (κ2) is 5.75. The number of furan rings is 1. The monoisotopic (exact) mass is 267 g/mol. The molecule has 1 N–H and O–H groups in total. The van der Waals surface area contributed by atoms with E-state index in [1.54, 1.807) is 12.5 Å². The van der Waals surface area contributed by atoms with Crippen LogP contribution in [0.15, 0.2) is 59.5 Å². The molecule has 2 aromatic heterocycles. The smallest absolute Gasteiger partial charge is 0.117 e. The van der Waals surface area contributed by atoms with E-state index >= 15 is 0 Å². The van der Waals surface area contributed by atoms with E-state index in [2.05, 4.69) is 34.6 Å². The van der Waals surface area contributed by atoms with Crippen molar-refractivity contribution in [2.45, 2.75) is 20.0 Å². The van der Waals surface area contributed by atoms with Gasteiger partial charge in [-0.1, -0.05) is 12.1 Å². The van der Waals surface area contributed by atoms with Gasteiger partial charge in [0.25, 0.3) is 0 Å². The SMILES string of the molecule is Cc1ccc(CNCc2ccc(-n3ccnc3)cc2)o1. The predicted octanol–water partition coefficient (Wildman–Crippen LogP) is 3.06. The van der Waals surface area contributed by atoms with Gasteiger partial charge in [-0.3, -0.25) is 0 Å². The van der Waals surface area contributed by atoms with Crippen molar-refractivity contribution in [3.05, 3.63) is 72.2 Å². The largest absolute Gasteiger partial charge is 0.465 e. The van der Waals surface area contributed by atoms with Crippen LogP contribution < -0.4 is 5.32 Å². The Morgan fingerprint density at radius 1 is 1.10 bits per heavy atom. The van der Waals surface area contributed by atoms with Gasteiger partial charge < -0.3 is 14.3 Å². The molecule has 0 fully saturated rings. The average Bonchev–Trinajstić information content (AvgIpc) is 3.11. The molecule has 0 amide bonds. The van der Waals surface area contributed by atoms with Gasteiger partial charge in [0.15, 0.2) is 0 Å². The van der Waals surface area contributed by atoms with E-state index in [1.807, 2.05) is 29.8 Å². The minimum absolute atomic E-state index is 0.747. The number of nitrogens with zero attached hydrogens (tertiary/aromatic N) is 2. The van der Waals surface area contributed by atoms with Gasteiger partial charge in [-0.05, 0) is 36.8 Å². The molecule has 0 aliphatic rings. The minimum Gasteiger partial charge on any atom is -0.465 e. The quantitative estimate of drug-likeness (QED) is 0.772. The van der Waals surface area contributed by atoms with Gasteiger partial charge in [0.1, 0.15) is 11.5 Å². The lowest BCUT2D eigenvalue weighted by molar-refractivity contribution is 0.461. The maximum absolute atomic E-state index is 5.52. The molecule has 0 bridgehead atoms. The predicted molar refractivity (Wildman–Crippen MR) is 77.6 cm³/mol. The van der Waals surface area contributed by atoms with Crippen LogP contribution in [0.25, 0.3) is 5.69 Å². The molecule has 0 spiro atoms. The topological polar surface area (TPSA) is 43.0 Å². The normalized spacial score (nSPS) is 10.8. The van der Waals surface area contributed by atoms with Crippen LogP contribution in [0.4, 0.5) is 0 Å². The lowest BCUT2D eigenvalue weighted by atomic mass is 10.2. The summed E-state index contributed by atoms with van der Waals surface area (Å²) in [6, 6.07) is 12.4. The standard InChI is InChI=1S/C16H17N3O/c1-13-2-7-16(20-13)11-18-10-14-3-5-15(6-4-14)19-9-8-17-12-19/h2-9,12,18H,10-11H2,1H3. The van der Waals surface area contributed by atoms with Crippen LogP contribution in [0.1, 0.15) is 17.1 Å². The van der Waals surface area contributed by atoms with Crippen LogP contribution in [0.2, 0.25) is 0 Å². The summed E-state index contributed by atoms with van der Waals surface area (Å²) < 4.78 is 7.51. The van der Waals surface area contributed by atoms with E-state index in [0.29, 0.717) is 0 Å². The van der Waals surface area contributed by atoms with E-state index in [1.165, 1.54) is 5.56 Å². The van der Waals surface area contributed by atoms with Crippen LogP contribution >= 0.6 is 0 Å². The molecule has 0 radical (unpaired) electrons. The van der Waals surface area contributed by atoms with Crippen LogP contribution in [-0.2, 0) is 13.1 Å². The van der Waals surface area contributed by atoms with Crippen molar-refractivity contribution in [2.24, 2.45) is 0 Å². The number of rotatable bonds is 5. The van der Waals surface area contributed by atoms with E-state index in [-0.39, 0.29) is 0 Å². The Hall–Kier alpha value is -2.33. The molecule has 1 aromatic carbocycles. The van der Waals surface area contributed by atoms with Gasteiger partial charge in [-0.2, -0.15) is 0 Å². The molecule has 0 aliphatic carbocycles. The highest BCUT2D eigenvalue weighted by molar-refractivity contribution is 5.34. The van der Waals surface area contributed by atoms with Crippen molar-refractivity contribution in [1.82, 2.24) is 14.9 Å². The van der Waals surface area contributed by atoms with Crippen LogP contribution in [-0.4, -0.2) is 9.55 Å². The van der Waals surface area contributed by atoms with Crippen molar-refractivity contribution in [3.8, 4) is 5.69 Å². The van der Waals surface area contributed by atoms with Gasteiger partial charge in [0.05, 0.1) is 12.9 Å². The highest BCUT2D eigenvalue weighted by Gasteiger charge is 1.99. The van der Waals surface area contributed by atoms with Gasteiger partial charge >= 0.3 is 0 Å². The average molecular weight is 267 g/mol. The third-order valence-electron chi connectivity index (χ3n) is 3.16. The number of imidazole rings is 1. The van der Waals surface area contributed by atoms with Crippen LogP contribution in [0, 0.1) is 6.92 Å². The first-order valence-corrected chi connectivity index (χ1v) is 6.64. The molecular weight excluding hydrogens is 250 g/mol. The zero-order chi connectivity index (χ0) is 13.8. The summed E-state index contributed by atoms with van der Waals surface area (Å²) in [5, 5.41) is 3.37. The Morgan fingerprint density at radius 3 is 2.60 bits per heavy atom. The minimum atomic E-state index is 0.747. The van der Waals surface area contributed by atoms with Gasteiger partial charge in [0.2, 0.25) is 0 Å². The number of aromatic nitrogens is 2. The Morgan fingerprint density at radius 2 is 1.95 bits per heavy atom. The summed E-state index contributed by atoms with van der Waals surface area (Å²) in [7, 11) is 0. The second-order valence-electron chi connectivity index (χ2n) is 4.75. The Labute approximate surface area is 118 Å². The van der Waals surface area contributed by atoms with Gasteiger partial charge in [0, 0.05) is 24.6 Å². The molecule has 0 saturated carbocycles. The molecule has 0 saturated heterocycles. The fraction of sp³-hybridized carbons (Fsp3) is 0.188. The Kier molecular flexibility index (Phi) is 3.65. The number of aryl methyl sites for hydroxylation is 1. The second-order valence-corrected chi connectivity index (χ2v) is 4.75. The molecule has 4 heteroatoms. The molecule has 102 valence electrons. The Balaban J connectivity index is 1.56. The number of nitrogens with one attached hydrogen (secondary N) is 1. The highest BCUT2D eigenvalue weighted by Crippen LogP contribution is 2.10. The third-order valence-corrected chi connectivity index (χ3v) is 3.16. The molecular formula is C16H17N3O. The molecule has 4 nitrogen and oxygen atoms in total. The lowest BCUT2D eigenvalue weighted by Gasteiger charge is -2.06. The number of hydrogen-bond acceptors (Lipinski definition) is 3. The Bertz CT molecular complexity index is 653. The first kappa shape index (κ1) is 12.7. The molecule has 0 aliphatic heterocycles. The fourth-order valence-corrected chi connectivity index (χ4v) is 2.11. The van der Waals surface area contributed by atoms with E-state index in [0.717, 1.165) is 30.3 Å². The summed E-state index contributed by atoms with van der Waals surface area (Å²) >= 11 is 0. The van der Waals surface area contributed by atoms with E-state index < -0.39 is 0 Å². The summed E-state index contributed by atoms with van der Waals surface area (Å²) in [6.45, 7) is 3.53. The van der Waals surface area contributed by atoms with Crippen molar-refractivity contribution in [1.29, 1.82) is 0 Å². The molecule has 0 atom stereocenters. The molecule has 2 heterocycles. The highest BCUT2D eigenvalue weighted by atomic mass is 16.3. The van der Waals surface area contributed by atoms with Crippen LogP contribution in [0.5, 0.6) is 0 Å². The maximum atomic E-state index is 5.52. The zero-order valence-electron chi connectivity index (χ0n) is 11.4. The molecule has 0 unspecified atom stereocenters. The lowest BCUT2D eigenvalue weighted by Crippen LogP contribution is -2.12. The van der Waals surface area contributed by atoms with E-state index in [4.69, 9.17) is 4.42 Å². The first-order chi connectivity index (χ1) is 9.81. The molecule has 3 rings (SSSR count). The molecule has 3 aromatic rings. The van der Waals surface area contributed by atoms with E-state index in [9.17, 15) is 0 Å². The summed E-state index contributed by atoms with van der Waals surface area (Å²) in [5.41, 5.74) is 2.37. The summed E-state index contributed by atoms with van der Waals surface area (Å²) in [4.78, 5) is 4.05. The maximum Gasteiger partial charge on any atom is 0.117 e. The first-order valence-electron chi connectivity index (χ1n) is 6.64.